The Kier molecular flexibility index (Phi) is 10.8. The summed E-state index contributed by atoms with van der Waals surface area (Å²) in [4.78, 5) is 61.4. The molecule has 1 aromatic heterocycles. The number of likely N-dealkylation sites (tertiary alicyclic amines) is 1. The first kappa shape index (κ1) is 38.7. The van der Waals surface area contributed by atoms with Crippen molar-refractivity contribution in [2.45, 2.75) is 94.1 Å². The Hall–Kier alpha value is -5.02. The molecule has 15 heteroatoms. The van der Waals surface area contributed by atoms with E-state index in [1.165, 1.54) is 18.1 Å². The molecule has 2 heterocycles. The first-order valence-corrected chi connectivity index (χ1v) is 19.5. The molecule has 4 amide bonds. The van der Waals surface area contributed by atoms with E-state index in [0.717, 1.165) is 16.3 Å². The van der Waals surface area contributed by atoms with E-state index in [4.69, 9.17) is 19.2 Å². The monoisotopic (exact) mass is 761 g/mol. The van der Waals surface area contributed by atoms with Gasteiger partial charge in [0.05, 0.1) is 23.6 Å². The molecule has 0 spiro atoms. The number of hydrogen-bond donors (Lipinski definition) is 3. The van der Waals surface area contributed by atoms with Crippen molar-refractivity contribution in [1.82, 2.24) is 25.2 Å². The number of nitrogens with one attached hydrogen (secondary N) is 3. The third kappa shape index (κ3) is 8.36. The number of nitrogens with zero attached hydrogens (tertiary/aromatic N) is 2. The molecule has 14 nitrogen and oxygen atoms in total. The van der Waals surface area contributed by atoms with Crippen LogP contribution in [0.2, 0.25) is 0 Å². The number of amides is 4. The second kappa shape index (κ2) is 15.0. The average molecular weight is 762 g/mol. The number of hydrogen-bond acceptors (Lipinski definition) is 10. The van der Waals surface area contributed by atoms with Crippen LogP contribution < -0.4 is 20.1 Å². The molecule has 3 N–H and O–H groups in total. The molecule has 3 aromatic rings. The van der Waals surface area contributed by atoms with Gasteiger partial charge in [0.1, 0.15) is 29.3 Å². The Morgan fingerprint density at radius 2 is 1.74 bits per heavy atom. The van der Waals surface area contributed by atoms with Crippen LogP contribution in [-0.2, 0) is 33.9 Å². The van der Waals surface area contributed by atoms with E-state index in [-0.39, 0.29) is 19.4 Å². The zero-order valence-corrected chi connectivity index (χ0v) is 31.9. The van der Waals surface area contributed by atoms with Crippen molar-refractivity contribution >= 4 is 44.6 Å². The Balaban J connectivity index is 1.32. The maximum absolute atomic E-state index is 14.5. The van der Waals surface area contributed by atoms with E-state index in [2.05, 4.69) is 21.9 Å². The summed E-state index contributed by atoms with van der Waals surface area (Å²) in [5, 5.41) is 6.32. The maximum atomic E-state index is 14.5. The molecule has 2 aliphatic carbocycles. The molecule has 2 aromatic carbocycles. The van der Waals surface area contributed by atoms with Crippen LogP contribution in [0, 0.1) is 5.92 Å². The summed E-state index contributed by atoms with van der Waals surface area (Å²) in [7, 11) is -2.53. The van der Waals surface area contributed by atoms with Crippen LogP contribution in [0.4, 0.5) is 4.79 Å². The van der Waals surface area contributed by atoms with Gasteiger partial charge in [0.25, 0.3) is 5.91 Å². The molecule has 3 fully saturated rings. The van der Waals surface area contributed by atoms with Crippen molar-refractivity contribution in [3.05, 3.63) is 73.3 Å². The van der Waals surface area contributed by atoms with Crippen LogP contribution in [0.5, 0.6) is 5.88 Å². The maximum Gasteiger partial charge on any atom is 0.408 e. The third-order valence-corrected chi connectivity index (χ3v) is 11.7. The number of benzene rings is 2. The second-order valence-electron chi connectivity index (χ2n) is 15.1. The fourth-order valence-corrected chi connectivity index (χ4v) is 8.06. The van der Waals surface area contributed by atoms with Crippen molar-refractivity contribution in [3.8, 4) is 17.1 Å². The molecule has 6 atom stereocenters. The van der Waals surface area contributed by atoms with Crippen molar-refractivity contribution in [2.24, 2.45) is 5.92 Å². The Morgan fingerprint density at radius 1 is 1.06 bits per heavy atom. The van der Waals surface area contributed by atoms with Crippen molar-refractivity contribution < 1.29 is 41.8 Å². The highest BCUT2D eigenvalue weighted by Crippen LogP contribution is 2.45. The largest absolute Gasteiger partial charge is 0.472 e. The minimum absolute atomic E-state index is 0.0134. The van der Waals surface area contributed by atoms with Gasteiger partial charge in [-0.05, 0) is 64.5 Å². The molecule has 0 radical (unpaired) electrons. The van der Waals surface area contributed by atoms with Gasteiger partial charge in [-0.2, -0.15) is 0 Å². The molecule has 1 saturated heterocycles. The molecular formula is C39H47N5O9S. The topological polar surface area (TPSA) is 182 Å². The van der Waals surface area contributed by atoms with Gasteiger partial charge in [-0.25, -0.2) is 18.2 Å². The summed E-state index contributed by atoms with van der Waals surface area (Å²) in [5.74, 6) is -2.45. The molecule has 54 heavy (non-hydrogen) atoms. The second-order valence-corrected chi connectivity index (χ2v) is 17.1. The van der Waals surface area contributed by atoms with Crippen LogP contribution in [0.1, 0.15) is 53.4 Å². The lowest BCUT2D eigenvalue weighted by Gasteiger charge is -2.32. The highest BCUT2D eigenvalue weighted by atomic mass is 32.2. The van der Waals surface area contributed by atoms with E-state index < -0.39 is 80.4 Å². The van der Waals surface area contributed by atoms with E-state index in [0.29, 0.717) is 24.4 Å². The van der Waals surface area contributed by atoms with Crippen LogP contribution in [-0.4, -0.2) is 96.5 Å². The number of ether oxygens (including phenoxy) is 3. The highest BCUT2D eigenvalue weighted by Gasteiger charge is 2.62. The van der Waals surface area contributed by atoms with Gasteiger partial charge >= 0.3 is 6.09 Å². The number of aromatic nitrogens is 1. The summed E-state index contributed by atoms with van der Waals surface area (Å²) < 4.78 is 45.1. The van der Waals surface area contributed by atoms with Gasteiger partial charge in [-0.1, -0.05) is 54.6 Å². The van der Waals surface area contributed by atoms with Gasteiger partial charge < -0.3 is 29.7 Å². The third-order valence-electron chi connectivity index (χ3n) is 9.93. The molecule has 2 saturated carbocycles. The van der Waals surface area contributed by atoms with Crippen LogP contribution in [0.15, 0.2) is 73.3 Å². The van der Waals surface area contributed by atoms with Crippen LogP contribution in [0.25, 0.3) is 22.0 Å². The van der Waals surface area contributed by atoms with Gasteiger partial charge in [0.15, 0.2) is 0 Å². The van der Waals surface area contributed by atoms with Crippen LogP contribution in [0.3, 0.4) is 0 Å². The van der Waals surface area contributed by atoms with Crippen molar-refractivity contribution in [3.63, 3.8) is 0 Å². The minimum atomic E-state index is -3.92. The van der Waals surface area contributed by atoms with E-state index in [9.17, 15) is 27.6 Å². The fourth-order valence-electron chi connectivity index (χ4n) is 6.69. The normalized spacial score (nSPS) is 23.5. The average Bonchev–Trinajstić information content (AvgIpc) is 4.06. The quantitative estimate of drug-likeness (QED) is 0.217. The number of methoxy groups -OCH3 is 1. The Labute approximate surface area is 315 Å². The summed E-state index contributed by atoms with van der Waals surface area (Å²) in [6.07, 6.45) is 0.0341. The highest BCUT2D eigenvalue weighted by molar-refractivity contribution is 7.91. The van der Waals surface area contributed by atoms with E-state index in [1.807, 2.05) is 60.7 Å². The first-order chi connectivity index (χ1) is 25.5. The number of alkyl carbamates (subject to hydrolysis) is 1. The summed E-state index contributed by atoms with van der Waals surface area (Å²) in [6, 6.07) is 16.6. The molecule has 0 bridgehead atoms. The lowest BCUT2D eigenvalue weighted by Crippen LogP contribution is -2.60. The predicted molar refractivity (Wildman–Crippen MR) is 201 cm³/mol. The van der Waals surface area contributed by atoms with Gasteiger partial charge in [0.2, 0.25) is 27.7 Å². The van der Waals surface area contributed by atoms with E-state index in [1.54, 1.807) is 27.7 Å². The number of rotatable bonds is 13. The van der Waals surface area contributed by atoms with Gasteiger partial charge in [0, 0.05) is 30.4 Å². The molecular weight excluding hydrogens is 715 g/mol. The van der Waals surface area contributed by atoms with Crippen molar-refractivity contribution in [2.75, 3.05) is 13.7 Å². The van der Waals surface area contributed by atoms with Gasteiger partial charge in [-0.15, -0.1) is 6.58 Å². The summed E-state index contributed by atoms with van der Waals surface area (Å²) >= 11 is 0. The zero-order valence-electron chi connectivity index (χ0n) is 31.0. The molecule has 6 unspecified atom stereocenters. The Morgan fingerprint density at radius 3 is 2.37 bits per heavy atom. The standard InChI is InChI=1S/C39H47N5O9S/c1-7-26-21-39(26,36(47)43-54(49,50)28-17-18-28)42-33(45)31-20-27(22-44(31)35(46)32(23(2)51-6)41-37(48)53-38(3,4)5)52-34-29-16-12-11-15-25(29)19-30(40-34)24-13-9-8-10-14-24/h7-16,19,23,26-28,31-32H,1,17-18,20-22H2,2-6H3,(H,41,48)(H,42,45)(H,43,47). The number of pyridine rings is 1. The number of carbonyl (C=O) groups is 4. The SMILES string of the molecule is C=CC1CC1(NC(=O)C1CC(Oc2nc(-c3ccccc3)cc3ccccc23)CN1C(=O)C(NC(=O)OC(C)(C)C)C(C)OC)C(=O)NS(=O)(=O)C1CC1. The first-order valence-electron chi connectivity index (χ1n) is 18.0. The lowest BCUT2D eigenvalue weighted by molar-refractivity contribution is -0.143. The number of sulfonamides is 1. The van der Waals surface area contributed by atoms with Gasteiger partial charge in [-0.3, -0.25) is 19.1 Å². The smallest absolute Gasteiger partial charge is 0.408 e. The molecule has 3 aliphatic rings. The number of carbonyl (C=O) groups excluding carboxylic acids is 4. The molecule has 1 aliphatic heterocycles. The van der Waals surface area contributed by atoms with Crippen LogP contribution >= 0.6 is 0 Å². The molecule has 288 valence electrons. The minimum Gasteiger partial charge on any atom is -0.472 e. The fraction of sp³-hybridized carbons (Fsp3) is 0.462. The lowest BCUT2D eigenvalue weighted by atomic mass is 10.1. The van der Waals surface area contributed by atoms with E-state index >= 15 is 0 Å². The number of fused-ring (bicyclic) bond motifs is 1. The summed E-state index contributed by atoms with van der Waals surface area (Å²) in [5.41, 5.74) is -0.907. The predicted octanol–water partition coefficient (Wildman–Crippen LogP) is 3.85. The van der Waals surface area contributed by atoms with Crippen molar-refractivity contribution in [1.29, 1.82) is 0 Å². The Bertz CT molecular complexity index is 2050. The zero-order chi connectivity index (χ0) is 39.0. The summed E-state index contributed by atoms with van der Waals surface area (Å²) in [6.45, 7) is 10.3. The molecule has 6 rings (SSSR count).